The van der Waals surface area contributed by atoms with Crippen molar-refractivity contribution in [3.8, 4) is 0 Å². The summed E-state index contributed by atoms with van der Waals surface area (Å²) in [6, 6.07) is 9.06. The Hall–Kier alpha value is -1.02. The summed E-state index contributed by atoms with van der Waals surface area (Å²) in [4.78, 5) is 0. The number of fused-ring (bicyclic) bond motifs is 1. The topological polar surface area (TPSA) is 59.7 Å². The molecule has 0 bridgehead atoms. The lowest BCUT2D eigenvalue weighted by Gasteiger charge is -2.11. The van der Waals surface area contributed by atoms with Crippen LogP contribution >= 0.6 is 46.6 Å². The second-order valence-electron chi connectivity index (χ2n) is 5.25. The Kier molecular flexibility index (Phi) is 6.44. The van der Waals surface area contributed by atoms with E-state index in [-0.39, 0.29) is 6.61 Å². The van der Waals surface area contributed by atoms with Gasteiger partial charge in [-0.1, -0.05) is 64.8 Å². The van der Waals surface area contributed by atoms with E-state index in [2.05, 4.69) is 10.2 Å². The van der Waals surface area contributed by atoms with Crippen LogP contribution in [0.2, 0.25) is 15.1 Å². The van der Waals surface area contributed by atoms with Gasteiger partial charge in [-0.05, 0) is 17.7 Å². The lowest BCUT2D eigenvalue weighted by atomic mass is 10.2. The minimum Gasteiger partial charge on any atom is -0.390 e. The van der Waals surface area contributed by atoms with Crippen LogP contribution in [-0.4, -0.2) is 38.2 Å². The first-order valence-corrected chi connectivity index (χ1v) is 9.48. The number of hydrogen-bond donors (Lipinski definition) is 1. The summed E-state index contributed by atoms with van der Waals surface area (Å²) >= 11 is 19.5. The van der Waals surface area contributed by atoms with E-state index in [1.54, 1.807) is 22.7 Å². The highest BCUT2D eigenvalue weighted by atomic mass is 35.5. The van der Waals surface area contributed by atoms with E-state index in [0.29, 0.717) is 38.2 Å². The maximum atomic E-state index is 10.1. The maximum absolute atomic E-state index is 10.1. The lowest BCUT2D eigenvalue weighted by molar-refractivity contribution is 0.0398. The molecule has 0 spiro atoms. The summed E-state index contributed by atoms with van der Waals surface area (Å²) in [5, 5.41) is 20.3. The highest BCUT2D eigenvalue weighted by molar-refractivity contribution is 7.99. The molecule has 0 fully saturated rings. The maximum Gasteiger partial charge on any atom is 0.195 e. The third kappa shape index (κ3) is 4.78. The molecule has 1 aromatic carbocycles. The van der Waals surface area contributed by atoms with E-state index in [1.807, 2.05) is 18.2 Å². The Bertz CT molecular complexity index is 875. The number of halogens is 3. The molecule has 2 aromatic heterocycles. The van der Waals surface area contributed by atoms with Crippen molar-refractivity contribution in [1.82, 2.24) is 14.6 Å². The Morgan fingerprint density at radius 3 is 2.76 bits per heavy atom. The largest absolute Gasteiger partial charge is 0.390 e. The number of pyridine rings is 1. The van der Waals surface area contributed by atoms with E-state index in [0.717, 1.165) is 5.56 Å². The standard InChI is InChI=1S/C16H14Cl3N3O2S/c17-11-5-14(19)15-20-21-16(22(15)6-11)25-9-12(23)8-24-7-10-3-1-2-4-13(10)18/h1-6,12,23H,7-9H2/t12-/m0/s1. The minimum absolute atomic E-state index is 0.191. The third-order valence-corrected chi connectivity index (χ3v) is 5.27. The molecule has 1 N–H and O–H groups in total. The number of aliphatic hydroxyl groups is 1. The van der Waals surface area contributed by atoms with E-state index in [4.69, 9.17) is 39.5 Å². The van der Waals surface area contributed by atoms with Crippen molar-refractivity contribution >= 4 is 52.2 Å². The summed E-state index contributed by atoms with van der Waals surface area (Å²) < 4.78 is 7.23. The smallest absolute Gasteiger partial charge is 0.195 e. The van der Waals surface area contributed by atoms with Gasteiger partial charge in [0.25, 0.3) is 0 Å². The van der Waals surface area contributed by atoms with Gasteiger partial charge >= 0.3 is 0 Å². The van der Waals surface area contributed by atoms with Crippen LogP contribution < -0.4 is 0 Å². The molecule has 1 atom stereocenters. The normalized spacial score (nSPS) is 12.6. The molecule has 0 amide bonds. The van der Waals surface area contributed by atoms with Gasteiger partial charge in [-0.2, -0.15) is 0 Å². The molecule has 5 nitrogen and oxygen atoms in total. The predicted octanol–water partition coefficient (Wildman–Crippen LogP) is 4.36. The molecular formula is C16H14Cl3N3O2S. The van der Waals surface area contributed by atoms with Crippen LogP contribution in [0.25, 0.3) is 5.65 Å². The molecular weight excluding hydrogens is 405 g/mol. The number of hydrogen-bond acceptors (Lipinski definition) is 5. The Morgan fingerprint density at radius 1 is 1.16 bits per heavy atom. The van der Waals surface area contributed by atoms with Gasteiger partial charge in [-0.25, -0.2) is 0 Å². The number of benzene rings is 1. The molecule has 25 heavy (non-hydrogen) atoms. The molecule has 132 valence electrons. The fourth-order valence-electron chi connectivity index (χ4n) is 2.14. The zero-order valence-corrected chi connectivity index (χ0v) is 16.0. The van der Waals surface area contributed by atoms with Crippen LogP contribution in [-0.2, 0) is 11.3 Å². The zero-order valence-electron chi connectivity index (χ0n) is 12.9. The van der Waals surface area contributed by atoms with Gasteiger partial charge in [-0.3, -0.25) is 4.40 Å². The molecule has 0 radical (unpaired) electrons. The van der Waals surface area contributed by atoms with Crippen LogP contribution in [0.1, 0.15) is 5.56 Å². The molecule has 0 unspecified atom stereocenters. The molecule has 0 aliphatic rings. The number of ether oxygens (including phenoxy) is 1. The van der Waals surface area contributed by atoms with Gasteiger partial charge in [0, 0.05) is 17.0 Å². The average Bonchev–Trinajstić information content (AvgIpc) is 2.98. The highest BCUT2D eigenvalue weighted by Gasteiger charge is 2.13. The second-order valence-corrected chi connectivity index (χ2v) is 7.49. The van der Waals surface area contributed by atoms with E-state index in [1.165, 1.54) is 11.8 Å². The van der Waals surface area contributed by atoms with E-state index < -0.39 is 6.10 Å². The number of thioether (sulfide) groups is 1. The predicted molar refractivity (Wildman–Crippen MR) is 101 cm³/mol. The monoisotopic (exact) mass is 417 g/mol. The Labute approximate surface area is 163 Å². The first-order valence-electron chi connectivity index (χ1n) is 7.36. The van der Waals surface area contributed by atoms with Gasteiger partial charge in [0.1, 0.15) is 0 Å². The van der Waals surface area contributed by atoms with Crippen molar-refractivity contribution in [3.05, 3.63) is 57.2 Å². The molecule has 0 saturated carbocycles. The van der Waals surface area contributed by atoms with Crippen LogP contribution in [0.5, 0.6) is 0 Å². The Balaban J connectivity index is 1.53. The fraction of sp³-hybridized carbons (Fsp3) is 0.250. The van der Waals surface area contributed by atoms with Crippen molar-refractivity contribution in [1.29, 1.82) is 0 Å². The van der Waals surface area contributed by atoms with Crippen LogP contribution in [0.4, 0.5) is 0 Å². The average molecular weight is 419 g/mol. The highest BCUT2D eigenvalue weighted by Crippen LogP contribution is 2.25. The van der Waals surface area contributed by atoms with Gasteiger partial charge in [0.15, 0.2) is 10.8 Å². The Morgan fingerprint density at radius 2 is 1.96 bits per heavy atom. The van der Waals surface area contributed by atoms with E-state index in [9.17, 15) is 5.11 Å². The fourth-order valence-corrected chi connectivity index (χ4v) is 3.65. The summed E-state index contributed by atoms with van der Waals surface area (Å²) in [6.45, 7) is 0.539. The van der Waals surface area contributed by atoms with Crippen molar-refractivity contribution in [3.63, 3.8) is 0 Å². The summed E-state index contributed by atoms with van der Waals surface area (Å²) in [5.74, 6) is 0.396. The molecule has 3 rings (SSSR count). The van der Waals surface area contributed by atoms with Crippen molar-refractivity contribution < 1.29 is 9.84 Å². The van der Waals surface area contributed by atoms with Crippen molar-refractivity contribution in [2.75, 3.05) is 12.4 Å². The lowest BCUT2D eigenvalue weighted by Crippen LogP contribution is -2.18. The number of aliphatic hydroxyl groups excluding tert-OH is 1. The molecule has 2 heterocycles. The summed E-state index contributed by atoms with van der Waals surface area (Å²) in [6.07, 6.45) is 1.03. The quantitative estimate of drug-likeness (QED) is 0.578. The number of aromatic nitrogens is 3. The van der Waals surface area contributed by atoms with Crippen LogP contribution in [0.3, 0.4) is 0 Å². The molecule has 9 heteroatoms. The second kappa shape index (κ2) is 8.58. The van der Waals surface area contributed by atoms with Crippen molar-refractivity contribution in [2.45, 2.75) is 17.9 Å². The van der Waals surface area contributed by atoms with Gasteiger partial charge in [0.2, 0.25) is 0 Å². The van der Waals surface area contributed by atoms with Gasteiger partial charge in [0.05, 0.1) is 29.4 Å². The van der Waals surface area contributed by atoms with Gasteiger partial charge < -0.3 is 9.84 Å². The molecule has 0 aliphatic carbocycles. The molecule has 3 aromatic rings. The van der Waals surface area contributed by atoms with E-state index >= 15 is 0 Å². The summed E-state index contributed by atoms with van der Waals surface area (Å²) in [7, 11) is 0. The molecule has 0 saturated heterocycles. The first kappa shape index (κ1) is 18.8. The third-order valence-electron chi connectivity index (χ3n) is 3.33. The summed E-state index contributed by atoms with van der Waals surface area (Å²) in [5.41, 5.74) is 1.41. The minimum atomic E-state index is -0.658. The van der Waals surface area contributed by atoms with Crippen LogP contribution in [0.15, 0.2) is 41.7 Å². The first-order chi connectivity index (χ1) is 12.0. The number of rotatable bonds is 7. The van der Waals surface area contributed by atoms with Crippen molar-refractivity contribution in [2.24, 2.45) is 0 Å². The zero-order chi connectivity index (χ0) is 17.8. The SMILES string of the molecule is O[C@@H](COCc1ccccc1Cl)CSc1nnc2c(Cl)cc(Cl)cn12. The van der Waals surface area contributed by atoms with Gasteiger partial charge in [-0.15, -0.1) is 10.2 Å². The number of nitrogens with zero attached hydrogens (tertiary/aromatic N) is 3. The molecule has 0 aliphatic heterocycles. The van der Waals surface area contributed by atoms with Crippen LogP contribution in [0, 0.1) is 0 Å².